The number of anilines is 2. The molecule has 0 saturated heterocycles. The predicted molar refractivity (Wildman–Crippen MR) is 209 cm³/mol. The second-order valence-corrected chi connectivity index (χ2v) is 21.2. The van der Waals surface area contributed by atoms with Gasteiger partial charge in [-0.3, -0.25) is 0 Å². The van der Waals surface area contributed by atoms with Crippen LogP contribution in [0.25, 0.3) is 0 Å². The van der Waals surface area contributed by atoms with Gasteiger partial charge in [-0.25, -0.2) is 0 Å². The molecule has 57 heavy (non-hydrogen) atoms. The van der Waals surface area contributed by atoms with Gasteiger partial charge < -0.3 is 0 Å². The van der Waals surface area contributed by atoms with Gasteiger partial charge in [0, 0.05) is 0 Å². The van der Waals surface area contributed by atoms with Gasteiger partial charge in [0.25, 0.3) is 0 Å². The number of nitrogens with zero attached hydrogens (tertiary/aromatic N) is 2. The number of benzene rings is 4. The van der Waals surface area contributed by atoms with Gasteiger partial charge in [-0.2, -0.15) is 0 Å². The van der Waals surface area contributed by atoms with E-state index in [0.717, 1.165) is 4.31 Å². The monoisotopic (exact) mass is 1000 g/mol. The molecule has 0 aromatic heterocycles. The summed E-state index contributed by atoms with van der Waals surface area (Å²) in [5, 5.41) is 15.8. The molecule has 0 aliphatic carbocycles. The van der Waals surface area contributed by atoms with Crippen LogP contribution in [0, 0.1) is 18.8 Å². The summed E-state index contributed by atoms with van der Waals surface area (Å²) in [5.41, 5.74) is 2.27. The third kappa shape index (κ3) is 8.85. The number of carboxylic acid groups (broad SMARTS) is 1. The van der Waals surface area contributed by atoms with E-state index in [9.17, 15) is 26.4 Å². The zero-order valence-corrected chi connectivity index (χ0v) is 36.6. The van der Waals surface area contributed by atoms with E-state index in [1.54, 1.807) is 42.5 Å². The van der Waals surface area contributed by atoms with Crippen LogP contribution < -0.4 is 40.4 Å². The second-order valence-electron chi connectivity index (χ2n) is 13.6. The Morgan fingerprint density at radius 1 is 0.754 bits per heavy atom. The van der Waals surface area contributed by atoms with Gasteiger partial charge >= 0.3 is 352 Å². The van der Waals surface area contributed by atoms with Gasteiger partial charge in [-0.1, -0.05) is 0 Å². The number of hydrogen-bond acceptors (Lipinski definition) is 9. The normalized spacial score (nSPS) is 17.8. The SMILES string of the molecule is COC(=O)CCCCNC1c2cc([I-]c3cc4c(cc3F)C(NCCCCC(=O)O)c3ccccc3N(C)S4(=O)=O)ccc2N(C)S(=O)(=O)c2cc(Br)c(F)cc21. The van der Waals surface area contributed by atoms with Crippen molar-refractivity contribution >= 4 is 59.3 Å². The zero-order valence-electron chi connectivity index (χ0n) is 31.2. The third-order valence-corrected chi connectivity index (χ3v) is 17.0. The molecule has 0 fully saturated rings. The molecule has 0 radical (unpaired) electrons. The van der Waals surface area contributed by atoms with Crippen molar-refractivity contribution in [1.29, 1.82) is 0 Å². The Balaban J connectivity index is 1.40. The van der Waals surface area contributed by atoms with E-state index in [0.29, 0.717) is 64.8 Å². The van der Waals surface area contributed by atoms with E-state index in [4.69, 9.17) is 9.84 Å². The van der Waals surface area contributed by atoms with Gasteiger partial charge in [0.1, 0.15) is 0 Å². The third-order valence-electron chi connectivity index (χ3n) is 9.99. The van der Waals surface area contributed by atoms with E-state index < -0.39 is 70.9 Å². The number of hydrogen-bond donors (Lipinski definition) is 3. The van der Waals surface area contributed by atoms with Crippen molar-refractivity contribution in [3.05, 3.63) is 112 Å². The molecule has 0 spiro atoms. The molecule has 2 unspecified atom stereocenters. The van der Waals surface area contributed by atoms with Gasteiger partial charge in [0.15, 0.2) is 0 Å². The number of para-hydroxylation sites is 1. The fraction of sp³-hybridized carbons (Fsp3) is 0.333. The number of unbranched alkanes of at least 4 members (excludes halogenated alkanes) is 2. The maximum absolute atomic E-state index is 16.4. The van der Waals surface area contributed by atoms with Crippen LogP contribution >= 0.6 is 15.9 Å². The first-order valence-corrected chi connectivity index (χ1v) is 23.8. The van der Waals surface area contributed by atoms with Gasteiger partial charge in [-0.15, -0.1) is 0 Å². The topological polar surface area (TPSA) is 162 Å². The molecule has 306 valence electrons. The summed E-state index contributed by atoms with van der Waals surface area (Å²) in [4.78, 5) is 22.6. The number of methoxy groups -OCH3 is 1. The van der Waals surface area contributed by atoms with E-state index >= 15 is 8.78 Å². The summed E-state index contributed by atoms with van der Waals surface area (Å²) in [7, 11) is -4.18. The minimum absolute atomic E-state index is 0.0118. The Kier molecular flexibility index (Phi) is 13.3. The minimum atomic E-state index is -4.18. The van der Waals surface area contributed by atoms with E-state index in [1.165, 1.54) is 49.8 Å². The molecule has 0 amide bonds. The molecule has 2 aliphatic heterocycles. The number of nitrogens with one attached hydrogen (secondary N) is 2. The Morgan fingerprint density at radius 3 is 1.95 bits per heavy atom. The Hall–Kier alpha value is -3.69. The van der Waals surface area contributed by atoms with Crippen LogP contribution in [0.4, 0.5) is 20.2 Å². The van der Waals surface area contributed by atoms with Crippen LogP contribution in [0.5, 0.6) is 0 Å². The molecular formula is C39H41BrF2IN4O8S2-. The average Bonchev–Trinajstić information content (AvgIpc) is 3.28. The van der Waals surface area contributed by atoms with Crippen molar-refractivity contribution in [3.8, 4) is 0 Å². The van der Waals surface area contributed by atoms with Crippen molar-refractivity contribution in [2.75, 3.05) is 42.9 Å². The molecule has 18 heteroatoms. The van der Waals surface area contributed by atoms with Crippen molar-refractivity contribution in [1.82, 2.24) is 10.6 Å². The number of sulfonamides is 2. The molecule has 3 N–H and O–H groups in total. The van der Waals surface area contributed by atoms with Crippen LogP contribution in [0.3, 0.4) is 0 Å². The first-order chi connectivity index (χ1) is 27.1. The zero-order chi connectivity index (χ0) is 41.2. The number of carbonyl (C=O) groups is 2. The fourth-order valence-corrected chi connectivity index (χ4v) is 13.0. The molecule has 12 nitrogen and oxygen atoms in total. The van der Waals surface area contributed by atoms with Crippen LogP contribution in [-0.2, 0) is 34.4 Å². The Bertz CT molecular complexity index is 2440. The number of aliphatic carboxylic acids is 1. The summed E-state index contributed by atoms with van der Waals surface area (Å²) < 4.78 is 95.8. The predicted octanol–water partition coefficient (Wildman–Crippen LogP) is 3.09. The molecule has 0 saturated carbocycles. The molecule has 2 atom stereocenters. The maximum atomic E-state index is 16.4. The first-order valence-electron chi connectivity index (χ1n) is 18.0. The van der Waals surface area contributed by atoms with Crippen molar-refractivity contribution in [2.24, 2.45) is 0 Å². The van der Waals surface area contributed by atoms with Gasteiger partial charge in [-0.05, 0) is 0 Å². The first kappa shape index (κ1) is 42.9. The Labute approximate surface area is 349 Å². The number of carboxylic acids is 1. The molecule has 2 aliphatic rings. The summed E-state index contributed by atoms with van der Waals surface area (Å²) in [6, 6.07) is 15.6. The summed E-state index contributed by atoms with van der Waals surface area (Å²) in [6.45, 7) is 0.693. The summed E-state index contributed by atoms with van der Waals surface area (Å²) in [5.74, 6) is -2.54. The van der Waals surface area contributed by atoms with Crippen LogP contribution in [-0.4, -0.2) is 68.2 Å². The number of esters is 1. The van der Waals surface area contributed by atoms with E-state index in [-0.39, 0.29) is 47.8 Å². The van der Waals surface area contributed by atoms with E-state index in [2.05, 4.69) is 26.6 Å². The molecule has 0 bridgehead atoms. The quantitative estimate of drug-likeness (QED) is 0.0974. The van der Waals surface area contributed by atoms with Crippen molar-refractivity contribution < 1.29 is 66.3 Å². The van der Waals surface area contributed by atoms with Crippen LogP contribution in [0.2, 0.25) is 0 Å². The number of ether oxygens (including phenoxy) is 1. The number of halogens is 4. The van der Waals surface area contributed by atoms with Gasteiger partial charge in [0.2, 0.25) is 0 Å². The fourth-order valence-electron chi connectivity index (χ4n) is 7.02. The van der Waals surface area contributed by atoms with Crippen LogP contribution in [0.15, 0.2) is 81.0 Å². The summed E-state index contributed by atoms with van der Waals surface area (Å²) in [6.07, 6.45) is 2.11. The molecule has 2 heterocycles. The molecule has 4 aromatic carbocycles. The standard InChI is InChI=1S/C39H41BrF2IN4O8S2/c1-46-32-11-5-4-10-24(32)38(44-16-8-6-12-36(48)49)27-20-30(42)31(22-35(27)57(46,53)54)43-23-14-15-33-25(18-23)39(45-17-9-7-13-37(50)55-3)26-19-29(41)28(40)21-34(26)56(51,52)47(33)2/h4-5,10-11,14-15,18-22,38-39,44-45H,6-9,12-13,16-17H2,1-3H3,(H,48,49)/q-1. The second kappa shape index (κ2) is 17.7. The number of carbonyl (C=O) groups excluding carboxylic acids is 1. The molecule has 4 aromatic rings. The molecular weight excluding hydrogens is 961 g/mol. The summed E-state index contributed by atoms with van der Waals surface area (Å²) >= 11 is 1.70. The van der Waals surface area contributed by atoms with E-state index in [1.807, 2.05) is 0 Å². The van der Waals surface area contributed by atoms with Crippen LogP contribution in [0.1, 0.15) is 72.9 Å². The number of fused-ring (bicyclic) bond motifs is 4. The molecule has 6 rings (SSSR count). The number of rotatable bonds is 14. The van der Waals surface area contributed by atoms with Crippen molar-refractivity contribution in [2.45, 2.75) is 60.4 Å². The Morgan fingerprint density at radius 2 is 1.32 bits per heavy atom. The van der Waals surface area contributed by atoms with Gasteiger partial charge in [0.05, 0.1) is 0 Å². The average molecular weight is 1000 g/mol. The van der Waals surface area contributed by atoms with Crippen molar-refractivity contribution in [3.63, 3.8) is 0 Å².